The number of hydrogen-bond acceptors (Lipinski definition) is 4. The van der Waals surface area contributed by atoms with E-state index in [0.29, 0.717) is 35.7 Å². The summed E-state index contributed by atoms with van der Waals surface area (Å²) in [7, 11) is 0. The summed E-state index contributed by atoms with van der Waals surface area (Å²) in [5.74, 6) is -0.135. The Kier molecular flexibility index (Phi) is 6.67. The lowest BCUT2D eigenvalue weighted by Gasteiger charge is -2.24. The third-order valence-electron chi connectivity index (χ3n) is 5.64. The normalized spacial score (nSPS) is 18.4. The average Bonchev–Trinajstić information content (AvgIpc) is 3.20. The van der Waals surface area contributed by atoms with Crippen LogP contribution < -0.4 is 10.6 Å². The summed E-state index contributed by atoms with van der Waals surface area (Å²) in [6.07, 6.45) is 0.407. The number of amidine groups is 1. The van der Waals surface area contributed by atoms with E-state index >= 15 is 0 Å². The molecule has 0 spiro atoms. The smallest absolute Gasteiger partial charge is 0.350 e. The summed E-state index contributed by atoms with van der Waals surface area (Å²) in [6.45, 7) is 3.93. The van der Waals surface area contributed by atoms with Crippen molar-refractivity contribution in [3.63, 3.8) is 0 Å². The number of carbonyl (C=O) groups excluding carboxylic acids is 1. The molecule has 1 amide bonds. The molecule has 7 nitrogen and oxygen atoms in total. The average molecular weight is 470 g/mol. The first kappa shape index (κ1) is 23.5. The minimum Gasteiger partial charge on any atom is -0.350 e. The van der Waals surface area contributed by atoms with Crippen LogP contribution in [0, 0.1) is 5.92 Å². The second kappa shape index (κ2) is 9.66. The highest BCUT2D eigenvalue weighted by atomic mass is 19.4. The maximum Gasteiger partial charge on any atom is 0.414 e. The number of nitrogens with one attached hydrogen (secondary N) is 2. The lowest BCUT2D eigenvalue weighted by atomic mass is 9.97. The van der Waals surface area contributed by atoms with E-state index in [1.165, 1.54) is 0 Å². The van der Waals surface area contributed by atoms with Gasteiger partial charge in [0.05, 0.1) is 0 Å². The van der Waals surface area contributed by atoms with Gasteiger partial charge in [-0.1, -0.05) is 37.3 Å². The van der Waals surface area contributed by atoms with Crippen LogP contribution in [0.2, 0.25) is 0 Å². The molecule has 0 bridgehead atoms. The van der Waals surface area contributed by atoms with Gasteiger partial charge in [0.15, 0.2) is 5.65 Å². The van der Waals surface area contributed by atoms with Crippen molar-refractivity contribution in [3.8, 4) is 11.3 Å². The molecule has 2 aromatic heterocycles. The van der Waals surface area contributed by atoms with E-state index in [0.717, 1.165) is 11.8 Å². The Balaban J connectivity index is 1.44. The van der Waals surface area contributed by atoms with Gasteiger partial charge >= 0.3 is 6.18 Å². The number of hydrogen-bond donors (Lipinski definition) is 2. The first-order valence-corrected chi connectivity index (χ1v) is 11.0. The zero-order valence-electron chi connectivity index (χ0n) is 18.8. The number of rotatable bonds is 6. The molecule has 1 unspecified atom stereocenters. The molecular formula is C24H25F3N6O. The van der Waals surface area contributed by atoms with Crippen LogP contribution in [0.25, 0.3) is 16.9 Å². The van der Waals surface area contributed by atoms with Gasteiger partial charge in [-0.25, -0.2) is 9.50 Å². The van der Waals surface area contributed by atoms with Crippen molar-refractivity contribution in [2.45, 2.75) is 38.9 Å². The Labute approximate surface area is 194 Å². The largest absolute Gasteiger partial charge is 0.414 e. The van der Waals surface area contributed by atoms with E-state index in [2.05, 4.69) is 25.7 Å². The monoisotopic (exact) mass is 470 g/mol. The topological polar surface area (TPSA) is 83.7 Å². The molecule has 10 heteroatoms. The highest BCUT2D eigenvalue weighted by Crippen LogP contribution is 2.32. The van der Waals surface area contributed by atoms with Crippen LogP contribution in [0.15, 0.2) is 65.6 Å². The molecule has 0 saturated carbocycles. The fraction of sp³-hybridized carbons (Fsp3) is 0.333. The third kappa shape index (κ3) is 5.11. The summed E-state index contributed by atoms with van der Waals surface area (Å²) < 4.78 is 40.2. The number of alkyl halides is 3. The summed E-state index contributed by atoms with van der Waals surface area (Å²) in [5.41, 5.74) is 1.60. The minimum atomic E-state index is -4.34. The molecule has 1 aliphatic rings. The number of aliphatic imine (C=N–C) groups is 1. The molecule has 3 aromatic rings. The van der Waals surface area contributed by atoms with Crippen molar-refractivity contribution in [3.05, 3.63) is 66.1 Å². The van der Waals surface area contributed by atoms with Crippen molar-refractivity contribution in [2.24, 2.45) is 10.9 Å². The van der Waals surface area contributed by atoms with E-state index in [9.17, 15) is 18.0 Å². The number of aromatic nitrogens is 3. The van der Waals surface area contributed by atoms with Crippen molar-refractivity contribution in [1.29, 1.82) is 0 Å². The number of amides is 1. The lowest BCUT2D eigenvalue weighted by Crippen LogP contribution is -2.35. The van der Waals surface area contributed by atoms with Crippen LogP contribution in [-0.2, 0) is 0 Å². The van der Waals surface area contributed by atoms with E-state index in [4.69, 9.17) is 0 Å². The number of benzene rings is 1. The predicted molar refractivity (Wildman–Crippen MR) is 123 cm³/mol. The zero-order valence-corrected chi connectivity index (χ0v) is 18.8. The van der Waals surface area contributed by atoms with E-state index in [-0.39, 0.29) is 24.3 Å². The zero-order chi connectivity index (χ0) is 24.3. The molecule has 0 saturated heterocycles. The number of carbonyl (C=O) groups is 1. The van der Waals surface area contributed by atoms with Gasteiger partial charge in [0, 0.05) is 48.2 Å². The van der Waals surface area contributed by atoms with E-state index in [1.807, 2.05) is 37.3 Å². The van der Waals surface area contributed by atoms with Crippen molar-refractivity contribution in [1.82, 2.24) is 25.2 Å². The van der Waals surface area contributed by atoms with E-state index < -0.39 is 11.7 Å². The summed E-state index contributed by atoms with van der Waals surface area (Å²) in [5, 5.41) is 10.2. The highest BCUT2D eigenvalue weighted by Gasteiger charge is 2.37. The number of fused-ring (bicyclic) bond motifs is 1. The van der Waals surface area contributed by atoms with Gasteiger partial charge in [-0.05, 0) is 25.8 Å². The first-order valence-electron chi connectivity index (χ1n) is 11.0. The van der Waals surface area contributed by atoms with Crippen LogP contribution in [-0.4, -0.2) is 45.1 Å². The van der Waals surface area contributed by atoms with Crippen molar-refractivity contribution in [2.75, 3.05) is 6.54 Å². The second-order valence-corrected chi connectivity index (χ2v) is 8.32. The molecule has 2 N–H and O–H groups in total. The van der Waals surface area contributed by atoms with Crippen LogP contribution in [0.4, 0.5) is 13.2 Å². The van der Waals surface area contributed by atoms with Crippen LogP contribution in [0.3, 0.4) is 0 Å². The molecule has 1 aromatic carbocycles. The van der Waals surface area contributed by atoms with Crippen molar-refractivity contribution >= 4 is 17.4 Å². The van der Waals surface area contributed by atoms with Gasteiger partial charge in [0.25, 0.3) is 5.91 Å². The highest BCUT2D eigenvalue weighted by molar-refractivity contribution is 6.05. The molecule has 3 heterocycles. The molecule has 0 radical (unpaired) electrons. The van der Waals surface area contributed by atoms with Gasteiger partial charge in [-0.3, -0.25) is 9.79 Å². The van der Waals surface area contributed by atoms with Gasteiger partial charge in [-0.15, -0.1) is 0 Å². The fourth-order valence-corrected chi connectivity index (χ4v) is 3.83. The second-order valence-electron chi connectivity index (χ2n) is 8.32. The van der Waals surface area contributed by atoms with Gasteiger partial charge in [-0.2, -0.15) is 18.3 Å². The van der Waals surface area contributed by atoms with Gasteiger partial charge in [0.1, 0.15) is 17.1 Å². The van der Waals surface area contributed by atoms with Crippen LogP contribution in [0.1, 0.15) is 37.0 Å². The van der Waals surface area contributed by atoms with E-state index in [1.54, 1.807) is 29.9 Å². The Hall–Kier alpha value is -3.69. The predicted octanol–water partition coefficient (Wildman–Crippen LogP) is 4.38. The SMILES string of the molecule is CC1CC(C(F)(F)F)=CNC1=NCC[C@@H](C)NC(=O)c1c(-c2ccccc2)nn2cccnc12. The summed E-state index contributed by atoms with van der Waals surface area (Å²) >= 11 is 0. The Morgan fingerprint density at radius 3 is 2.76 bits per heavy atom. The minimum absolute atomic E-state index is 0.106. The molecule has 178 valence electrons. The van der Waals surface area contributed by atoms with Gasteiger partial charge < -0.3 is 10.6 Å². The maximum absolute atomic E-state index is 13.2. The van der Waals surface area contributed by atoms with Crippen molar-refractivity contribution < 1.29 is 18.0 Å². The number of allylic oxidation sites excluding steroid dienone is 1. The summed E-state index contributed by atoms with van der Waals surface area (Å²) in [6, 6.07) is 10.9. The summed E-state index contributed by atoms with van der Waals surface area (Å²) in [4.78, 5) is 22.0. The molecule has 0 aliphatic carbocycles. The van der Waals surface area contributed by atoms with Crippen LogP contribution >= 0.6 is 0 Å². The molecule has 1 aliphatic heterocycles. The number of halogens is 3. The maximum atomic E-state index is 13.2. The first-order chi connectivity index (χ1) is 16.2. The molecule has 4 rings (SSSR count). The molecule has 34 heavy (non-hydrogen) atoms. The Bertz CT molecular complexity index is 1230. The lowest BCUT2D eigenvalue weighted by molar-refractivity contribution is -0.0953. The van der Waals surface area contributed by atoms with Crippen LogP contribution in [0.5, 0.6) is 0 Å². The number of nitrogens with zero attached hydrogens (tertiary/aromatic N) is 4. The molecular weight excluding hydrogens is 445 g/mol. The Morgan fingerprint density at radius 2 is 2.06 bits per heavy atom. The standard InChI is InChI=1S/C24H25F3N6O/c1-15-13-18(24(25,26)27)14-30-21(15)28-11-9-16(2)31-23(34)19-20(17-7-4-3-5-8-17)32-33-12-6-10-29-22(19)33/h3-8,10,12,14-16H,9,11,13H2,1-2H3,(H,28,30)(H,31,34)/t15?,16-/m1/s1. The molecule has 2 atom stereocenters. The Morgan fingerprint density at radius 1 is 1.29 bits per heavy atom. The molecule has 0 fully saturated rings. The fourth-order valence-electron chi connectivity index (χ4n) is 3.83. The quantitative estimate of drug-likeness (QED) is 0.560. The third-order valence-corrected chi connectivity index (χ3v) is 5.64. The van der Waals surface area contributed by atoms with Gasteiger partial charge in [0.2, 0.25) is 0 Å².